The van der Waals surface area contributed by atoms with Crippen molar-refractivity contribution in [2.24, 2.45) is 23.9 Å². The van der Waals surface area contributed by atoms with Crippen LogP contribution >= 0.6 is 0 Å². The molecule has 2 aromatic carbocycles. The van der Waals surface area contributed by atoms with Gasteiger partial charge in [0.15, 0.2) is 0 Å². The van der Waals surface area contributed by atoms with Crippen LogP contribution in [-0.4, -0.2) is 62.4 Å². The van der Waals surface area contributed by atoms with E-state index in [1.807, 2.05) is 33.8 Å². The molecule has 2 saturated carbocycles. The maximum atomic E-state index is 13.4. The fourth-order valence-electron chi connectivity index (χ4n) is 5.82. The Bertz CT molecular complexity index is 1400. The van der Waals surface area contributed by atoms with Gasteiger partial charge in [-0.1, -0.05) is 48.5 Å². The second kappa shape index (κ2) is 8.40. The number of aryl methyl sites for hydroxylation is 1. The topological polar surface area (TPSA) is 70.8 Å². The molecule has 3 aromatic rings. The molecule has 1 atom stereocenters. The summed E-state index contributed by atoms with van der Waals surface area (Å²) in [5.74, 6) is 1.82. The van der Waals surface area contributed by atoms with Crippen molar-refractivity contribution in [2.75, 3.05) is 19.6 Å². The number of hydrogen-bond acceptors (Lipinski definition) is 4. The van der Waals surface area contributed by atoms with Gasteiger partial charge in [0, 0.05) is 44.4 Å². The Labute approximate surface area is 216 Å². The first-order valence-electron chi connectivity index (χ1n) is 13.4. The Morgan fingerprint density at radius 1 is 0.919 bits per heavy atom. The molecule has 3 fully saturated rings. The van der Waals surface area contributed by atoms with Crippen LogP contribution < -0.4 is 0 Å². The number of benzene rings is 2. The zero-order valence-electron chi connectivity index (χ0n) is 21.1. The Morgan fingerprint density at radius 3 is 2.16 bits per heavy atom. The number of amidine groups is 1. The Morgan fingerprint density at radius 2 is 1.57 bits per heavy atom. The third-order valence-electron chi connectivity index (χ3n) is 8.39. The number of hydrogen-bond donors (Lipinski definition) is 0. The molecule has 2 aliphatic carbocycles. The Kier molecular flexibility index (Phi) is 5.10. The molecule has 0 bridgehead atoms. The molecule has 2 aliphatic heterocycles. The molecule has 1 spiro atoms. The van der Waals surface area contributed by atoms with Crippen molar-refractivity contribution in [3.05, 3.63) is 66.4 Å². The van der Waals surface area contributed by atoms with Gasteiger partial charge in [0.1, 0.15) is 11.4 Å². The van der Waals surface area contributed by atoms with Gasteiger partial charge >= 0.3 is 0 Å². The maximum Gasteiger partial charge on any atom is 0.256 e. The van der Waals surface area contributed by atoms with E-state index in [1.165, 1.54) is 0 Å². The first-order valence-corrected chi connectivity index (χ1v) is 13.4. The summed E-state index contributed by atoms with van der Waals surface area (Å²) in [6.45, 7) is 2.21. The van der Waals surface area contributed by atoms with Gasteiger partial charge in [0.05, 0.1) is 5.69 Å². The quantitative estimate of drug-likeness (QED) is 0.518. The number of aromatic nitrogens is 2. The van der Waals surface area contributed by atoms with Crippen molar-refractivity contribution >= 4 is 17.6 Å². The van der Waals surface area contributed by atoms with Crippen LogP contribution in [0.2, 0.25) is 0 Å². The predicted molar refractivity (Wildman–Crippen MR) is 142 cm³/mol. The summed E-state index contributed by atoms with van der Waals surface area (Å²) < 4.78 is 1.87. The highest BCUT2D eigenvalue weighted by Gasteiger charge is 2.57. The van der Waals surface area contributed by atoms with E-state index < -0.39 is 5.54 Å². The fraction of sp³-hybridized carbons (Fsp3) is 0.400. The molecule has 1 aromatic heterocycles. The lowest BCUT2D eigenvalue weighted by Gasteiger charge is -2.23. The van der Waals surface area contributed by atoms with Gasteiger partial charge in [0.25, 0.3) is 5.91 Å². The largest absolute Gasteiger partial charge is 0.342 e. The molecule has 0 N–H and O–H groups in total. The highest BCUT2D eigenvalue weighted by Crippen LogP contribution is 2.46. The number of amides is 2. The molecule has 4 aliphatic rings. The number of aliphatic imine (C=N–C) groups is 1. The third kappa shape index (κ3) is 3.97. The molecule has 0 unspecified atom stereocenters. The molecule has 37 heavy (non-hydrogen) atoms. The lowest BCUT2D eigenvalue weighted by atomic mass is 10.0. The standard InChI is InChI=1S/C30H31N5O2/c1-33-26(12-16-31-33)23-6-2-21(3-7-23)22-4-8-24(9-5-22)27-32-30(14-15-30)29(37)35(27)19-20-13-17-34(18-20)28(36)25-10-11-25/h2-9,12,16,20,25H,10-11,13-15,17-19H2,1H3/t20-/m1/s1. The molecule has 1 saturated heterocycles. The Hall–Kier alpha value is -3.74. The molecule has 2 amide bonds. The van der Waals surface area contributed by atoms with E-state index in [4.69, 9.17) is 4.99 Å². The lowest BCUT2D eigenvalue weighted by Crippen LogP contribution is -2.40. The van der Waals surface area contributed by atoms with E-state index in [9.17, 15) is 9.59 Å². The number of nitrogens with zero attached hydrogens (tertiary/aromatic N) is 5. The number of likely N-dealkylation sites (tertiary alicyclic amines) is 1. The summed E-state index contributed by atoms with van der Waals surface area (Å²) in [4.78, 5) is 34.8. The van der Waals surface area contributed by atoms with Crippen molar-refractivity contribution in [1.29, 1.82) is 0 Å². The minimum atomic E-state index is -0.530. The summed E-state index contributed by atoms with van der Waals surface area (Å²) in [5.41, 5.74) is 4.94. The van der Waals surface area contributed by atoms with Gasteiger partial charge in [0.2, 0.25) is 5.91 Å². The minimum Gasteiger partial charge on any atom is -0.342 e. The first-order chi connectivity index (χ1) is 18.0. The van der Waals surface area contributed by atoms with Gasteiger partial charge < -0.3 is 4.90 Å². The zero-order chi connectivity index (χ0) is 25.1. The van der Waals surface area contributed by atoms with Gasteiger partial charge in [-0.05, 0) is 60.8 Å². The number of carbonyl (C=O) groups excluding carboxylic acids is 2. The molecule has 7 heteroatoms. The summed E-state index contributed by atoms with van der Waals surface area (Å²) in [6, 6.07) is 18.9. The van der Waals surface area contributed by atoms with Crippen LogP contribution in [0, 0.1) is 11.8 Å². The second-order valence-corrected chi connectivity index (χ2v) is 11.1. The van der Waals surface area contributed by atoms with E-state index in [1.54, 1.807) is 0 Å². The summed E-state index contributed by atoms with van der Waals surface area (Å²) in [7, 11) is 1.95. The highest BCUT2D eigenvalue weighted by molar-refractivity contribution is 6.16. The number of rotatable bonds is 6. The van der Waals surface area contributed by atoms with Crippen LogP contribution in [0.4, 0.5) is 0 Å². The van der Waals surface area contributed by atoms with Crippen molar-refractivity contribution in [1.82, 2.24) is 19.6 Å². The third-order valence-corrected chi connectivity index (χ3v) is 8.39. The van der Waals surface area contributed by atoms with Crippen molar-refractivity contribution < 1.29 is 9.59 Å². The van der Waals surface area contributed by atoms with Gasteiger partial charge in [-0.3, -0.25) is 24.2 Å². The highest BCUT2D eigenvalue weighted by atomic mass is 16.2. The molecule has 7 rings (SSSR count). The molecule has 0 radical (unpaired) electrons. The van der Waals surface area contributed by atoms with Crippen LogP contribution in [0.3, 0.4) is 0 Å². The summed E-state index contributed by atoms with van der Waals surface area (Å²) >= 11 is 0. The smallest absolute Gasteiger partial charge is 0.256 e. The molecular weight excluding hydrogens is 462 g/mol. The fourth-order valence-corrected chi connectivity index (χ4v) is 5.82. The number of carbonyl (C=O) groups is 2. The molecule has 188 valence electrons. The minimum absolute atomic E-state index is 0.143. The van der Waals surface area contributed by atoms with E-state index in [0.29, 0.717) is 18.4 Å². The SMILES string of the molecule is Cn1nccc1-c1ccc(-c2ccc(C3=NC4(CC4)C(=O)N3C[C@@H]3CCN(C(=O)C4CC4)C3)cc2)cc1. The van der Waals surface area contributed by atoms with Gasteiger partial charge in [-0.15, -0.1) is 0 Å². The van der Waals surface area contributed by atoms with Gasteiger partial charge in [-0.2, -0.15) is 5.10 Å². The van der Waals surface area contributed by atoms with Crippen LogP contribution in [0.1, 0.15) is 37.7 Å². The molecule has 7 nitrogen and oxygen atoms in total. The van der Waals surface area contributed by atoms with Crippen LogP contribution in [0.25, 0.3) is 22.4 Å². The van der Waals surface area contributed by atoms with Crippen LogP contribution in [0.5, 0.6) is 0 Å². The second-order valence-electron chi connectivity index (χ2n) is 11.1. The normalized spacial score (nSPS) is 22.1. The van der Waals surface area contributed by atoms with Crippen LogP contribution in [0.15, 0.2) is 65.8 Å². The van der Waals surface area contributed by atoms with Crippen molar-refractivity contribution in [3.8, 4) is 22.4 Å². The van der Waals surface area contributed by atoms with E-state index in [-0.39, 0.29) is 11.8 Å². The van der Waals surface area contributed by atoms with Crippen molar-refractivity contribution in [2.45, 2.75) is 37.6 Å². The maximum absolute atomic E-state index is 13.4. The predicted octanol–water partition coefficient (Wildman–Crippen LogP) is 4.13. The van der Waals surface area contributed by atoms with E-state index in [2.05, 4.69) is 53.6 Å². The summed E-state index contributed by atoms with van der Waals surface area (Å²) in [6.07, 6.45) is 6.51. The lowest BCUT2D eigenvalue weighted by molar-refractivity contribution is -0.131. The van der Waals surface area contributed by atoms with E-state index in [0.717, 1.165) is 79.0 Å². The van der Waals surface area contributed by atoms with E-state index >= 15 is 0 Å². The average Bonchev–Trinajstić information content (AvgIpc) is 3.81. The Balaban J connectivity index is 1.09. The monoisotopic (exact) mass is 493 g/mol. The zero-order valence-corrected chi connectivity index (χ0v) is 21.1. The van der Waals surface area contributed by atoms with Gasteiger partial charge in [-0.25, -0.2) is 0 Å². The molecular formula is C30H31N5O2. The average molecular weight is 494 g/mol. The van der Waals surface area contributed by atoms with Crippen molar-refractivity contribution in [3.63, 3.8) is 0 Å². The summed E-state index contributed by atoms with van der Waals surface area (Å²) in [5, 5.41) is 4.26. The first kappa shape index (κ1) is 22.5. The van der Waals surface area contributed by atoms with Crippen LogP contribution in [-0.2, 0) is 16.6 Å². The molecule has 3 heterocycles.